The van der Waals surface area contributed by atoms with Gasteiger partial charge in [0.05, 0.1) is 11.5 Å². The largest absolute Gasteiger partial charge is 0.506 e. The average Bonchev–Trinajstić information content (AvgIpc) is 2.74. The molecule has 6 heteroatoms. The minimum Gasteiger partial charge on any atom is -0.506 e. The molecule has 2 rings (SSSR count). The van der Waals surface area contributed by atoms with Crippen molar-refractivity contribution in [3.05, 3.63) is 49.6 Å². The first kappa shape index (κ1) is 16.7. The normalized spacial score (nSPS) is 10.5. The first-order chi connectivity index (χ1) is 10.4. The number of aryl methyl sites for hydroxylation is 1. The lowest BCUT2D eigenvalue weighted by molar-refractivity contribution is 0.0522. The van der Waals surface area contributed by atoms with Gasteiger partial charge >= 0.3 is 5.97 Å². The zero-order valence-corrected chi connectivity index (χ0v) is 14.6. The summed E-state index contributed by atoms with van der Waals surface area (Å²) in [6.07, 6.45) is 0.0539. The van der Waals surface area contributed by atoms with Crippen LogP contribution >= 0.6 is 27.3 Å². The highest BCUT2D eigenvalue weighted by Gasteiger charge is 2.23. The smallest absolute Gasteiger partial charge is 0.343 e. The molecule has 0 aliphatic heterocycles. The minimum absolute atomic E-state index is 0.0539. The predicted octanol–water partition coefficient (Wildman–Crippen LogP) is 4.13. The summed E-state index contributed by atoms with van der Waals surface area (Å²) in [4.78, 5) is 25.2. The molecule has 0 aliphatic carbocycles. The maximum Gasteiger partial charge on any atom is 0.343 e. The summed E-state index contributed by atoms with van der Waals surface area (Å²) < 4.78 is 5.82. The second-order valence-electron chi connectivity index (χ2n) is 4.63. The van der Waals surface area contributed by atoms with Gasteiger partial charge in [0, 0.05) is 21.3 Å². The number of carbonyl (C=O) groups is 2. The van der Waals surface area contributed by atoms with E-state index in [0.717, 1.165) is 4.47 Å². The first-order valence-corrected chi connectivity index (χ1v) is 8.32. The van der Waals surface area contributed by atoms with Gasteiger partial charge in [-0.15, -0.1) is 11.3 Å². The highest BCUT2D eigenvalue weighted by Crippen LogP contribution is 2.35. The Bertz CT molecular complexity index is 704. The molecule has 0 spiro atoms. The number of ketones is 1. The molecule has 0 unspecified atom stereocenters. The molecule has 0 saturated heterocycles. The van der Waals surface area contributed by atoms with Crippen molar-refractivity contribution in [1.82, 2.24) is 0 Å². The highest BCUT2D eigenvalue weighted by molar-refractivity contribution is 9.10. The Kier molecular flexibility index (Phi) is 5.37. The summed E-state index contributed by atoms with van der Waals surface area (Å²) in [6.45, 7) is 3.67. The number of thiophene rings is 1. The third kappa shape index (κ3) is 3.56. The van der Waals surface area contributed by atoms with Crippen molar-refractivity contribution < 1.29 is 19.4 Å². The summed E-state index contributed by atoms with van der Waals surface area (Å²) in [5.41, 5.74) is 0.719. The van der Waals surface area contributed by atoms with Gasteiger partial charge in [0.2, 0.25) is 0 Å². The monoisotopic (exact) mass is 382 g/mol. The van der Waals surface area contributed by atoms with Gasteiger partial charge in [0.15, 0.2) is 5.78 Å². The summed E-state index contributed by atoms with van der Waals surface area (Å²) >= 11 is 4.56. The fraction of sp³-hybridized carbons (Fsp3) is 0.250. The Hall–Kier alpha value is -1.66. The van der Waals surface area contributed by atoms with Crippen LogP contribution in [0, 0.1) is 6.92 Å². The molecule has 1 heterocycles. The predicted molar refractivity (Wildman–Crippen MR) is 88.9 cm³/mol. The van der Waals surface area contributed by atoms with E-state index >= 15 is 0 Å². The molecule has 1 N–H and O–H groups in total. The number of ether oxygens (including phenoxy) is 1. The zero-order valence-electron chi connectivity index (χ0n) is 12.2. The Labute approximate surface area is 140 Å². The van der Waals surface area contributed by atoms with Gasteiger partial charge in [-0.05, 0) is 26.0 Å². The van der Waals surface area contributed by atoms with Gasteiger partial charge in [-0.3, -0.25) is 4.79 Å². The highest BCUT2D eigenvalue weighted by atomic mass is 79.9. The number of rotatable bonds is 5. The third-order valence-electron chi connectivity index (χ3n) is 3.10. The van der Waals surface area contributed by atoms with E-state index in [-0.39, 0.29) is 30.1 Å². The molecule has 0 radical (unpaired) electrons. The van der Waals surface area contributed by atoms with Crippen molar-refractivity contribution in [2.45, 2.75) is 20.3 Å². The number of esters is 1. The van der Waals surface area contributed by atoms with Gasteiger partial charge in [-0.2, -0.15) is 0 Å². The maximum absolute atomic E-state index is 12.3. The van der Waals surface area contributed by atoms with Gasteiger partial charge < -0.3 is 9.84 Å². The van der Waals surface area contributed by atoms with Crippen molar-refractivity contribution in [3.8, 4) is 5.75 Å². The molecule has 0 saturated carbocycles. The van der Waals surface area contributed by atoms with Crippen LogP contribution in [0.25, 0.3) is 0 Å². The third-order valence-corrected chi connectivity index (χ3v) is 4.72. The number of benzene rings is 1. The van der Waals surface area contributed by atoms with Gasteiger partial charge in [-0.1, -0.05) is 28.1 Å². The zero-order chi connectivity index (χ0) is 16.3. The van der Waals surface area contributed by atoms with Crippen molar-refractivity contribution in [3.63, 3.8) is 0 Å². The summed E-state index contributed by atoms with van der Waals surface area (Å²) in [5, 5.41) is 10.2. The molecule has 2 aromatic rings. The number of Topliss-reactive ketones (excluding diaryl/α,β-unsaturated/α-hetero) is 1. The first-order valence-electron chi connectivity index (χ1n) is 6.71. The maximum atomic E-state index is 12.3. The number of hydrogen-bond donors (Lipinski definition) is 1. The Morgan fingerprint density at radius 1 is 1.27 bits per heavy atom. The molecular formula is C16H15BrO4S. The molecule has 1 aromatic heterocycles. The van der Waals surface area contributed by atoms with E-state index < -0.39 is 5.97 Å². The lowest BCUT2D eigenvalue weighted by atomic mass is 10.1. The van der Waals surface area contributed by atoms with E-state index in [1.807, 2.05) is 0 Å². The molecule has 0 fully saturated rings. The quantitative estimate of drug-likeness (QED) is 0.623. The van der Waals surface area contributed by atoms with E-state index in [0.29, 0.717) is 15.3 Å². The van der Waals surface area contributed by atoms with E-state index in [2.05, 4.69) is 15.9 Å². The lowest BCUT2D eigenvalue weighted by Crippen LogP contribution is -2.05. The number of aromatic hydroxyl groups is 1. The number of carbonyl (C=O) groups excluding carboxylic acids is 2. The molecule has 22 heavy (non-hydrogen) atoms. The molecule has 1 aromatic carbocycles. The fourth-order valence-corrected chi connectivity index (χ4v) is 3.36. The lowest BCUT2D eigenvalue weighted by Gasteiger charge is -2.03. The van der Waals surface area contributed by atoms with E-state index in [4.69, 9.17) is 4.74 Å². The standard InChI is InChI=1S/C16H15BrO4S/c1-3-21-16(20)14-9(2)22-13(15(14)19)8-12(18)10-4-6-11(17)7-5-10/h4-7,19H,3,8H2,1-2H3. The van der Waals surface area contributed by atoms with Crippen molar-refractivity contribution in [1.29, 1.82) is 0 Å². The second kappa shape index (κ2) is 7.07. The van der Waals surface area contributed by atoms with Gasteiger partial charge in [0.1, 0.15) is 11.3 Å². The van der Waals surface area contributed by atoms with E-state index in [1.165, 1.54) is 11.3 Å². The van der Waals surface area contributed by atoms with E-state index in [9.17, 15) is 14.7 Å². The Morgan fingerprint density at radius 3 is 2.50 bits per heavy atom. The van der Waals surface area contributed by atoms with Crippen LogP contribution in [0.15, 0.2) is 28.7 Å². The van der Waals surface area contributed by atoms with Crippen LogP contribution in [-0.2, 0) is 11.2 Å². The fourth-order valence-electron chi connectivity index (χ4n) is 2.04. The van der Waals surface area contributed by atoms with Crippen LogP contribution < -0.4 is 0 Å². The molecule has 4 nitrogen and oxygen atoms in total. The minimum atomic E-state index is -0.559. The molecule has 0 amide bonds. The Balaban J connectivity index is 2.23. The van der Waals surface area contributed by atoms with Crippen molar-refractivity contribution in [2.24, 2.45) is 0 Å². The second-order valence-corrected chi connectivity index (χ2v) is 6.86. The SMILES string of the molecule is CCOC(=O)c1c(C)sc(CC(=O)c2ccc(Br)cc2)c1O. The van der Waals surface area contributed by atoms with Crippen molar-refractivity contribution >= 4 is 39.0 Å². The summed E-state index contributed by atoms with van der Waals surface area (Å²) in [6, 6.07) is 7.01. The molecule has 0 aliphatic rings. The van der Waals surface area contributed by atoms with Crippen molar-refractivity contribution in [2.75, 3.05) is 6.61 Å². The summed E-state index contributed by atoms with van der Waals surface area (Å²) in [7, 11) is 0. The van der Waals surface area contributed by atoms with Gasteiger partial charge in [-0.25, -0.2) is 4.79 Å². The molecule has 0 atom stereocenters. The van der Waals surface area contributed by atoms with Crippen LogP contribution in [0.2, 0.25) is 0 Å². The average molecular weight is 383 g/mol. The van der Waals surface area contributed by atoms with Crippen LogP contribution in [0.3, 0.4) is 0 Å². The number of hydrogen-bond acceptors (Lipinski definition) is 5. The van der Waals surface area contributed by atoms with Gasteiger partial charge in [0.25, 0.3) is 0 Å². The van der Waals surface area contributed by atoms with E-state index in [1.54, 1.807) is 38.1 Å². The topological polar surface area (TPSA) is 63.6 Å². The molecule has 116 valence electrons. The molecular weight excluding hydrogens is 368 g/mol. The van der Waals surface area contributed by atoms with Crippen LogP contribution in [0.4, 0.5) is 0 Å². The molecule has 0 bridgehead atoms. The summed E-state index contributed by atoms with van der Waals surface area (Å²) in [5.74, 6) is -0.818. The van der Waals surface area contributed by atoms with Crippen LogP contribution in [-0.4, -0.2) is 23.5 Å². The van der Waals surface area contributed by atoms with Crippen LogP contribution in [0.1, 0.15) is 37.4 Å². The Morgan fingerprint density at radius 2 is 1.91 bits per heavy atom. The number of halogens is 1. The van der Waals surface area contributed by atoms with Crippen LogP contribution in [0.5, 0.6) is 5.75 Å².